The highest BCUT2D eigenvalue weighted by Gasteiger charge is 2.31. The van der Waals surface area contributed by atoms with Crippen LogP contribution in [0.25, 0.3) is 5.82 Å². The number of imidazole rings is 1. The topological polar surface area (TPSA) is 67.2 Å². The molecule has 1 aliphatic heterocycles. The van der Waals surface area contributed by atoms with Crippen molar-refractivity contribution in [2.75, 3.05) is 31.1 Å². The summed E-state index contributed by atoms with van der Waals surface area (Å²) in [5.41, 5.74) is 0. The van der Waals surface area contributed by atoms with Crippen LogP contribution in [0, 0.1) is 12.8 Å². The van der Waals surface area contributed by atoms with Crippen LogP contribution in [0.4, 0.5) is 5.82 Å². The van der Waals surface area contributed by atoms with Crippen molar-refractivity contribution in [2.24, 2.45) is 5.92 Å². The first-order valence-electron chi connectivity index (χ1n) is 8.58. The second kappa shape index (κ2) is 6.22. The predicted molar refractivity (Wildman–Crippen MR) is 90.0 cm³/mol. The number of rotatable bonds is 3. The Bertz CT molecular complexity index is 730. The molecule has 2 aromatic heterocycles. The van der Waals surface area contributed by atoms with E-state index in [0.29, 0.717) is 5.91 Å². The molecule has 1 aliphatic carbocycles. The van der Waals surface area contributed by atoms with Crippen LogP contribution in [-0.2, 0) is 4.79 Å². The van der Waals surface area contributed by atoms with E-state index in [9.17, 15) is 4.79 Å². The molecule has 7 nitrogen and oxygen atoms in total. The summed E-state index contributed by atoms with van der Waals surface area (Å²) in [6, 6.07) is 1.98. The van der Waals surface area contributed by atoms with Crippen molar-refractivity contribution in [1.82, 2.24) is 24.4 Å². The molecule has 1 saturated heterocycles. The minimum Gasteiger partial charge on any atom is -0.353 e. The molecule has 0 atom stereocenters. The summed E-state index contributed by atoms with van der Waals surface area (Å²) < 4.78 is 1.95. The minimum absolute atomic E-state index is 0.284. The average molecular weight is 326 g/mol. The van der Waals surface area contributed by atoms with Crippen LogP contribution in [0.2, 0.25) is 0 Å². The van der Waals surface area contributed by atoms with E-state index >= 15 is 0 Å². The van der Waals surface area contributed by atoms with Gasteiger partial charge >= 0.3 is 0 Å². The van der Waals surface area contributed by atoms with Gasteiger partial charge in [0.1, 0.15) is 23.8 Å². The van der Waals surface area contributed by atoms with Crippen LogP contribution in [0.15, 0.2) is 24.8 Å². The SMILES string of the molecule is Cc1nccn1-c1cc(N2CCN(C(=O)C3CCC3)CC2)ncn1. The lowest BCUT2D eigenvalue weighted by Crippen LogP contribution is -2.51. The highest BCUT2D eigenvalue weighted by molar-refractivity contribution is 5.79. The van der Waals surface area contributed by atoms with Gasteiger partial charge in [0.15, 0.2) is 0 Å². The van der Waals surface area contributed by atoms with Gasteiger partial charge in [0.05, 0.1) is 0 Å². The van der Waals surface area contributed by atoms with Gasteiger partial charge in [0.2, 0.25) is 5.91 Å². The summed E-state index contributed by atoms with van der Waals surface area (Å²) in [6.45, 7) is 5.14. The molecule has 0 aromatic carbocycles. The number of aryl methyl sites for hydroxylation is 1. The molecule has 0 radical (unpaired) electrons. The molecule has 1 amide bonds. The first-order chi connectivity index (χ1) is 11.7. The van der Waals surface area contributed by atoms with Crippen LogP contribution in [0.3, 0.4) is 0 Å². The molecule has 0 N–H and O–H groups in total. The van der Waals surface area contributed by atoms with E-state index in [0.717, 1.165) is 56.5 Å². The highest BCUT2D eigenvalue weighted by atomic mass is 16.2. The van der Waals surface area contributed by atoms with Crippen molar-refractivity contribution in [1.29, 1.82) is 0 Å². The summed E-state index contributed by atoms with van der Waals surface area (Å²) in [4.78, 5) is 29.6. The standard InChI is InChI=1S/C17H22N6O/c1-13-18-5-6-23(13)16-11-15(19-12-20-16)21-7-9-22(10-8-21)17(24)14-3-2-4-14/h5-6,11-12,14H,2-4,7-10H2,1H3. The molecule has 2 aromatic rings. The van der Waals surface area contributed by atoms with Crippen LogP contribution >= 0.6 is 0 Å². The van der Waals surface area contributed by atoms with E-state index in [1.807, 2.05) is 28.7 Å². The molecule has 2 aliphatic rings. The van der Waals surface area contributed by atoms with Gasteiger partial charge in [-0.3, -0.25) is 9.36 Å². The zero-order chi connectivity index (χ0) is 16.5. The predicted octanol–water partition coefficient (Wildman–Crippen LogP) is 1.42. The number of hydrogen-bond acceptors (Lipinski definition) is 5. The van der Waals surface area contributed by atoms with Crippen molar-refractivity contribution in [3.05, 3.63) is 30.6 Å². The quantitative estimate of drug-likeness (QED) is 0.853. The first-order valence-corrected chi connectivity index (χ1v) is 8.58. The third-order valence-electron chi connectivity index (χ3n) is 5.08. The van der Waals surface area contributed by atoms with Gasteiger partial charge in [-0.2, -0.15) is 0 Å². The Morgan fingerprint density at radius 1 is 1.08 bits per heavy atom. The fourth-order valence-electron chi connectivity index (χ4n) is 3.33. The molecule has 1 saturated carbocycles. The van der Waals surface area contributed by atoms with Crippen molar-refractivity contribution in [3.8, 4) is 5.82 Å². The van der Waals surface area contributed by atoms with E-state index in [1.54, 1.807) is 12.5 Å². The van der Waals surface area contributed by atoms with Gasteiger partial charge in [-0.1, -0.05) is 6.42 Å². The Labute approximate surface area is 141 Å². The number of carbonyl (C=O) groups excluding carboxylic acids is 1. The zero-order valence-corrected chi connectivity index (χ0v) is 13.9. The number of hydrogen-bond donors (Lipinski definition) is 0. The average Bonchev–Trinajstić information content (AvgIpc) is 3.00. The number of carbonyl (C=O) groups is 1. The second-order valence-corrected chi connectivity index (χ2v) is 6.52. The second-order valence-electron chi connectivity index (χ2n) is 6.52. The Hall–Kier alpha value is -2.44. The van der Waals surface area contributed by atoms with Gasteiger partial charge in [0, 0.05) is 50.6 Å². The molecule has 0 unspecified atom stereocenters. The van der Waals surface area contributed by atoms with E-state index < -0.39 is 0 Å². The summed E-state index contributed by atoms with van der Waals surface area (Å²) in [6.07, 6.45) is 8.60. The van der Waals surface area contributed by atoms with E-state index in [-0.39, 0.29) is 5.92 Å². The Balaban J connectivity index is 1.44. The highest BCUT2D eigenvalue weighted by Crippen LogP contribution is 2.28. The third kappa shape index (κ3) is 2.74. The smallest absolute Gasteiger partial charge is 0.225 e. The van der Waals surface area contributed by atoms with Crippen molar-refractivity contribution < 1.29 is 4.79 Å². The lowest BCUT2D eigenvalue weighted by atomic mass is 9.84. The monoisotopic (exact) mass is 326 g/mol. The van der Waals surface area contributed by atoms with Crippen LogP contribution in [-0.4, -0.2) is 56.5 Å². The van der Waals surface area contributed by atoms with Gasteiger partial charge in [-0.05, 0) is 19.8 Å². The maximum atomic E-state index is 12.3. The molecule has 24 heavy (non-hydrogen) atoms. The fraction of sp³-hybridized carbons (Fsp3) is 0.529. The minimum atomic E-state index is 0.284. The molecule has 0 spiro atoms. The van der Waals surface area contributed by atoms with Crippen molar-refractivity contribution in [3.63, 3.8) is 0 Å². The van der Waals surface area contributed by atoms with Gasteiger partial charge in [-0.15, -0.1) is 0 Å². The molecule has 4 rings (SSSR count). The molecule has 0 bridgehead atoms. The van der Waals surface area contributed by atoms with Crippen molar-refractivity contribution in [2.45, 2.75) is 26.2 Å². The van der Waals surface area contributed by atoms with Gasteiger partial charge < -0.3 is 9.80 Å². The van der Waals surface area contributed by atoms with E-state index in [4.69, 9.17) is 0 Å². The fourth-order valence-corrected chi connectivity index (χ4v) is 3.33. The largest absolute Gasteiger partial charge is 0.353 e. The lowest BCUT2D eigenvalue weighted by molar-refractivity contribution is -0.138. The Kier molecular flexibility index (Phi) is 3.92. The van der Waals surface area contributed by atoms with Crippen LogP contribution < -0.4 is 4.90 Å². The van der Waals surface area contributed by atoms with Crippen LogP contribution in [0.1, 0.15) is 25.1 Å². The number of nitrogens with zero attached hydrogens (tertiary/aromatic N) is 6. The number of aromatic nitrogens is 4. The van der Waals surface area contributed by atoms with Crippen molar-refractivity contribution >= 4 is 11.7 Å². The molecule has 3 heterocycles. The molecular weight excluding hydrogens is 304 g/mol. The zero-order valence-electron chi connectivity index (χ0n) is 13.9. The van der Waals surface area contributed by atoms with Crippen LogP contribution in [0.5, 0.6) is 0 Å². The summed E-state index contributed by atoms with van der Waals surface area (Å²) >= 11 is 0. The third-order valence-corrected chi connectivity index (χ3v) is 5.08. The number of amides is 1. The number of piperazine rings is 1. The summed E-state index contributed by atoms with van der Waals surface area (Å²) in [5, 5.41) is 0. The normalized spacial score (nSPS) is 18.5. The Morgan fingerprint density at radius 2 is 1.83 bits per heavy atom. The maximum Gasteiger partial charge on any atom is 0.225 e. The summed E-state index contributed by atoms with van der Waals surface area (Å²) in [5.74, 6) is 3.26. The van der Waals surface area contributed by atoms with E-state index in [2.05, 4.69) is 19.9 Å². The van der Waals surface area contributed by atoms with Gasteiger partial charge in [0.25, 0.3) is 0 Å². The molecule has 2 fully saturated rings. The Morgan fingerprint density at radius 3 is 2.46 bits per heavy atom. The maximum absolute atomic E-state index is 12.3. The summed E-state index contributed by atoms with van der Waals surface area (Å²) in [7, 11) is 0. The number of anilines is 1. The van der Waals surface area contributed by atoms with E-state index in [1.165, 1.54) is 6.42 Å². The molecule has 7 heteroatoms. The molecular formula is C17H22N6O. The first kappa shape index (κ1) is 15.1. The van der Waals surface area contributed by atoms with Gasteiger partial charge in [-0.25, -0.2) is 15.0 Å². The lowest BCUT2D eigenvalue weighted by Gasteiger charge is -2.38. The molecule has 126 valence electrons.